The predicted octanol–water partition coefficient (Wildman–Crippen LogP) is 4.69. The summed E-state index contributed by atoms with van der Waals surface area (Å²) >= 11 is 1.12. The normalized spacial score (nSPS) is 11.9. The van der Waals surface area contributed by atoms with Crippen molar-refractivity contribution in [3.63, 3.8) is 0 Å². The van der Waals surface area contributed by atoms with Crippen molar-refractivity contribution in [1.82, 2.24) is 4.98 Å². The quantitative estimate of drug-likeness (QED) is 0.706. The Labute approximate surface area is 116 Å². The fourth-order valence-corrected chi connectivity index (χ4v) is 3.11. The fourth-order valence-electron chi connectivity index (χ4n) is 2.03. The first kappa shape index (κ1) is 12.9. The van der Waals surface area contributed by atoms with Crippen LogP contribution >= 0.6 is 11.3 Å². The van der Waals surface area contributed by atoms with Crippen molar-refractivity contribution in [3.05, 3.63) is 48.3 Å². The Morgan fingerprint density at radius 1 is 1.10 bits per heavy atom. The van der Waals surface area contributed by atoms with E-state index in [2.05, 4.69) is 4.98 Å². The Balaban J connectivity index is 2.24. The van der Waals surface area contributed by atoms with Crippen molar-refractivity contribution in [3.8, 4) is 16.2 Å². The van der Waals surface area contributed by atoms with Crippen LogP contribution in [0.4, 0.5) is 13.2 Å². The molecular formula is C14H8F3NOS. The van der Waals surface area contributed by atoms with Crippen LogP contribution in [0.1, 0.15) is 5.56 Å². The summed E-state index contributed by atoms with van der Waals surface area (Å²) in [6.45, 7) is 0. The standard InChI is InChI=1S/C14H8F3NOS/c15-14(16,17)10-4-2-1-3-9(10)12-5-8-6-18-7-11(19)13(8)20-12/h1-7,19H. The topological polar surface area (TPSA) is 33.1 Å². The molecule has 2 heterocycles. The number of hydrogen-bond donors (Lipinski definition) is 1. The van der Waals surface area contributed by atoms with E-state index in [0.717, 1.165) is 17.4 Å². The molecule has 3 aromatic rings. The Bertz CT molecular complexity index is 779. The van der Waals surface area contributed by atoms with Crippen LogP contribution in [-0.4, -0.2) is 10.1 Å². The highest BCUT2D eigenvalue weighted by Gasteiger charge is 2.33. The van der Waals surface area contributed by atoms with Crippen LogP contribution in [-0.2, 0) is 6.18 Å². The summed E-state index contributed by atoms with van der Waals surface area (Å²) in [5.41, 5.74) is -0.570. The summed E-state index contributed by atoms with van der Waals surface area (Å²) in [7, 11) is 0. The van der Waals surface area contributed by atoms with Crippen LogP contribution in [0.3, 0.4) is 0 Å². The number of alkyl halides is 3. The van der Waals surface area contributed by atoms with Gasteiger partial charge in [-0.15, -0.1) is 11.3 Å². The largest absolute Gasteiger partial charge is 0.505 e. The molecule has 2 nitrogen and oxygen atoms in total. The van der Waals surface area contributed by atoms with Crippen LogP contribution in [0, 0.1) is 0 Å². The van der Waals surface area contributed by atoms with E-state index < -0.39 is 11.7 Å². The van der Waals surface area contributed by atoms with Crippen molar-refractivity contribution < 1.29 is 18.3 Å². The van der Waals surface area contributed by atoms with Crippen LogP contribution < -0.4 is 0 Å². The van der Waals surface area contributed by atoms with Gasteiger partial charge in [0.2, 0.25) is 0 Å². The third kappa shape index (κ3) is 2.12. The van der Waals surface area contributed by atoms with Gasteiger partial charge in [0, 0.05) is 22.0 Å². The van der Waals surface area contributed by atoms with Crippen molar-refractivity contribution >= 4 is 21.4 Å². The Morgan fingerprint density at radius 2 is 1.85 bits per heavy atom. The molecule has 102 valence electrons. The zero-order valence-corrected chi connectivity index (χ0v) is 10.8. The number of pyridine rings is 1. The van der Waals surface area contributed by atoms with E-state index in [9.17, 15) is 18.3 Å². The molecule has 3 rings (SSSR count). The molecule has 0 fully saturated rings. The Morgan fingerprint density at radius 3 is 2.55 bits per heavy atom. The third-order valence-corrected chi connectivity index (χ3v) is 4.11. The van der Waals surface area contributed by atoms with Crippen molar-refractivity contribution in [2.24, 2.45) is 0 Å². The maximum Gasteiger partial charge on any atom is 0.417 e. The van der Waals surface area contributed by atoms with Gasteiger partial charge in [-0.2, -0.15) is 13.2 Å². The van der Waals surface area contributed by atoms with E-state index in [4.69, 9.17) is 0 Å². The zero-order valence-electron chi connectivity index (χ0n) is 9.98. The van der Waals surface area contributed by atoms with E-state index in [1.165, 1.54) is 24.5 Å². The molecule has 0 aliphatic rings. The predicted molar refractivity (Wildman–Crippen MR) is 71.7 cm³/mol. The molecule has 0 aliphatic heterocycles. The fraction of sp³-hybridized carbons (Fsp3) is 0.0714. The second-order valence-corrected chi connectivity index (χ2v) is 5.28. The first-order valence-corrected chi connectivity index (χ1v) is 6.51. The second kappa shape index (κ2) is 4.49. The molecule has 0 bridgehead atoms. The van der Waals surface area contributed by atoms with Gasteiger partial charge in [-0.3, -0.25) is 4.98 Å². The third-order valence-electron chi connectivity index (χ3n) is 2.90. The van der Waals surface area contributed by atoms with E-state index in [1.54, 1.807) is 12.1 Å². The average molecular weight is 295 g/mol. The number of hydrogen-bond acceptors (Lipinski definition) is 3. The molecule has 6 heteroatoms. The number of halogens is 3. The minimum absolute atomic E-state index is 0.0248. The SMILES string of the molecule is Oc1cncc2cc(-c3ccccc3C(F)(F)F)sc12. The summed E-state index contributed by atoms with van der Waals surface area (Å²) in [5, 5.41) is 10.3. The number of fused-ring (bicyclic) bond motifs is 1. The first-order chi connectivity index (χ1) is 9.47. The summed E-state index contributed by atoms with van der Waals surface area (Å²) in [5.74, 6) is -0.0248. The minimum atomic E-state index is -4.41. The summed E-state index contributed by atoms with van der Waals surface area (Å²) < 4.78 is 39.6. The molecule has 1 N–H and O–H groups in total. The minimum Gasteiger partial charge on any atom is -0.505 e. The van der Waals surface area contributed by atoms with E-state index >= 15 is 0 Å². The van der Waals surface area contributed by atoms with Crippen LogP contribution in [0.15, 0.2) is 42.7 Å². The molecular weight excluding hydrogens is 287 g/mol. The van der Waals surface area contributed by atoms with Crippen molar-refractivity contribution in [2.45, 2.75) is 6.18 Å². The Kier molecular flexibility index (Phi) is 2.90. The van der Waals surface area contributed by atoms with Crippen LogP contribution in [0.2, 0.25) is 0 Å². The molecule has 2 aromatic heterocycles. The van der Waals surface area contributed by atoms with Gasteiger partial charge in [-0.25, -0.2) is 0 Å². The molecule has 0 saturated carbocycles. The molecule has 1 aromatic carbocycles. The van der Waals surface area contributed by atoms with E-state index in [-0.39, 0.29) is 11.3 Å². The zero-order chi connectivity index (χ0) is 14.3. The molecule has 0 saturated heterocycles. The van der Waals surface area contributed by atoms with Crippen LogP contribution in [0.25, 0.3) is 20.5 Å². The van der Waals surface area contributed by atoms with E-state index in [0.29, 0.717) is 15.0 Å². The molecule has 0 atom stereocenters. The highest BCUT2D eigenvalue weighted by Crippen LogP contribution is 2.42. The van der Waals surface area contributed by atoms with Gasteiger partial charge in [0.05, 0.1) is 16.5 Å². The van der Waals surface area contributed by atoms with Crippen molar-refractivity contribution in [1.29, 1.82) is 0 Å². The number of benzene rings is 1. The number of aromatic nitrogens is 1. The number of nitrogens with zero attached hydrogens (tertiary/aromatic N) is 1. The molecule has 0 spiro atoms. The van der Waals surface area contributed by atoms with Gasteiger partial charge >= 0.3 is 6.18 Å². The van der Waals surface area contributed by atoms with Gasteiger partial charge in [0.15, 0.2) is 5.75 Å². The molecule has 0 aliphatic carbocycles. The lowest BCUT2D eigenvalue weighted by molar-refractivity contribution is -0.137. The van der Waals surface area contributed by atoms with Gasteiger partial charge in [0.1, 0.15) is 0 Å². The van der Waals surface area contributed by atoms with E-state index in [1.807, 2.05) is 0 Å². The van der Waals surface area contributed by atoms with Gasteiger partial charge in [-0.05, 0) is 12.1 Å². The van der Waals surface area contributed by atoms with Gasteiger partial charge in [-0.1, -0.05) is 18.2 Å². The molecule has 0 radical (unpaired) electrons. The van der Waals surface area contributed by atoms with Gasteiger partial charge < -0.3 is 5.11 Å². The average Bonchev–Trinajstić information content (AvgIpc) is 2.83. The molecule has 0 amide bonds. The number of rotatable bonds is 1. The molecule has 0 unspecified atom stereocenters. The number of aromatic hydroxyl groups is 1. The lowest BCUT2D eigenvalue weighted by Gasteiger charge is -2.10. The summed E-state index contributed by atoms with van der Waals surface area (Å²) in [4.78, 5) is 4.28. The second-order valence-electron chi connectivity index (χ2n) is 4.23. The van der Waals surface area contributed by atoms with Crippen molar-refractivity contribution in [2.75, 3.05) is 0 Å². The van der Waals surface area contributed by atoms with Gasteiger partial charge in [0.25, 0.3) is 0 Å². The lowest BCUT2D eigenvalue weighted by atomic mass is 10.1. The monoisotopic (exact) mass is 295 g/mol. The first-order valence-electron chi connectivity index (χ1n) is 5.70. The maximum atomic E-state index is 13.0. The highest BCUT2D eigenvalue weighted by atomic mass is 32.1. The summed E-state index contributed by atoms with van der Waals surface area (Å²) in [6.07, 6.45) is -1.61. The Hall–Kier alpha value is -2.08. The number of thiophene rings is 1. The highest BCUT2D eigenvalue weighted by molar-refractivity contribution is 7.22. The maximum absolute atomic E-state index is 13.0. The summed E-state index contributed by atoms with van der Waals surface area (Å²) in [6, 6.07) is 7.01. The molecule has 20 heavy (non-hydrogen) atoms. The lowest BCUT2D eigenvalue weighted by Crippen LogP contribution is -2.06. The smallest absolute Gasteiger partial charge is 0.417 e. The van der Waals surface area contributed by atoms with Crippen LogP contribution in [0.5, 0.6) is 5.75 Å².